The van der Waals surface area contributed by atoms with Crippen molar-refractivity contribution < 1.29 is 14.6 Å². The molecular weight excluding hydrogens is 366 g/mol. The van der Waals surface area contributed by atoms with Crippen molar-refractivity contribution in [2.24, 2.45) is 17.1 Å². The number of hydrogen-bond acceptors (Lipinski definition) is 8. The summed E-state index contributed by atoms with van der Waals surface area (Å²) in [5.41, 5.74) is 6.69. The number of nitrogens with one attached hydrogen (secondary N) is 2. The van der Waals surface area contributed by atoms with E-state index in [-0.39, 0.29) is 34.6 Å². The maximum atomic E-state index is 10.9. The van der Waals surface area contributed by atoms with Gasteiger partial charge in [0.1, 0.15) is 17.4 Å². The van der Waals surface area contributed by atoms with Crippen molar-refractivity contribution in [3.63, 3.8) is 0 Å². The van der Waals surface area contributed by atoms with Crippen LogP contribution in [0.3, 0.4) is 0 Å². The zero-order chi connectivity index (χ0) is 20.0. The van der Waals surface area contributed by atoms with E-state index in [1.165, 1.54) is 6.92 Å². The number of aliphatic hydroxyl groups excluding tert-OH is 1. The fraction of sp³-hybridized carbons (Fsp3) is 0.667. The molecule has 1 heterocycles. The lowest BCUT2D eigenvalue weighted by Gasteiger charge is -2.36. The van der Waals surface area contributed by atoms with Gasteiger partial charge < -0.3 is 26.2 Å². The van der Waals surface area contributed by atoms with E-state index < -0.39 is 0 Å². The van der Waals surface area contributed by atoms with Gasteiger partial charge in [0.2, 0.25) is 5.95 Å². The number of aromatic nitrogens is 2. The van der Waals surface area contributed by atoms with Crippen LogP contribution in [0.2, 0.25) is 0 Å². The van der Waals surface area contributed by atoms with Gasteiger partial charge in [0.15, 0.2) is 0 Å². The molecule has 0 saturated heterocycles. The van der Waals surface area contributed by atoms with E-state index in [0.717, 1.165) is 12.8 Å². The average molecular weight is 394 g/mol. The summed E-state index contributed by atoms with van der Waals surface area (Å²) in [6.45, 7) is 8.02. The van der Waals surface area contributed by atoms with Gasteiger partial charge in [0.25, 0.3) is 0 Å². The third kappa shape index (κ3) is 3.34. The summed E-state index contributed by atoms with van der Waals surface area (Å²) < 4.78 is 4.91. The fourth-order valence-electron chi connectivity index (χ4n) is 4.34. The van der Waals surface area contributed by atoms with Crippen LogP contribution < -0.4 is 16.4 Å². The van der Waals surface area contributed by atoms with E-state index in [4.69, 9.17) is 22.7 Å². The van der Waals surface area contributed by atoms with E-state index in [2.05, 4.69) is 34.4 Å². The zero-order valence-electron chi connectivity index (χ0n) is 16.1. The van der Waals surface area contributed by atoms with Gasteiger partial charge in [0.05, 0.1) is 23.9 Å². The van der Waals surface area contributed by atoms with Gasteiger partial charge in [-0.25, -0.2) is 4.98 Å². The van der Waals surface area contributed by atoms with Gasteiger partial charge in [-0.05, 0) is 32.6 Å². The quantitative estimate of drug-likeness (QED) is 0.309. The molecule has 3 rings (SSSR count). The van der Waals surface area contributed by atoms with Crippen molar-refractivity contribution in [3.8, 4) is 0 Å². The molecule has 8 nitrogen and oxygen atoms in total. The first-order valence-electron chi connectivity index (χ1n) is 9.12. The van der Waals surface area contributed by atoms with Crippen LogP contribution in [0.4, 0.5) is 11.8 Å². The Morgan fingerprint density at radius 3 is 2.70 bits per heavy atom. The Morgan fingerprint density at radius 2 is 2.15 bits per heavy atom. The lowest BCUT2D eigenvalue weighted by atomic mass is 9.84. The molecule has 27 heavy (non-hydrogen) atoms. The third-order valence-corrected chi connectivity index (χ3v) is 6.43. The highest BCUT2D eigenvalue weighted by Gasteiger charge is 2.73. The number of nitrogens with zero attached hydrogens (tertiary/aromatic N) is 2. The minimum absolute atomic E-state index is 0.192. The molecule has 0 spiro atoms. The Labute approximate surface area is 164 Å². The molecule has 2 aliphatic rings. The van der Waals surface area contributed by atoms with E-state index >= 15 is 0 Å². The first kappa shape index (κ1) is 19.8. The number of aliphatic hydroxyl groups is 1. The lowest BCUT2D eigenvalue weighted by molar-refractivity contribution is -0.140. The van der Waals surface area contributed by atoms with Crippen LogP contribution in [0.1, 0.15) is 44.9 Å². The number of hydrogen-bond donors (Lipinski definition) is 4. The highest BCUT2D eigenvalue weighted by molar-refractivity contribution is 7.80. The summed E-state index contributed by atoms with van der Waals surface area (Å²) in [6, 6.07) is 0. The number of nitrogens with two attached hydrogens (primary N) is 1. The van der Waals surface area contributed by atoms with Gasteiger partial charge in [0, 0.05) is 17.9 Å². The lowest BCUT2D eigenvalue weighted by Crippen LogP contribution is -2.44. The fourth-order valence-corrected chi connectivity index (χ4v) is 4.58. The maximum Gasteiger partial charge on any atom is 0.302 e. The molecule has 1 aromatic rings. The third-order valence-electron chi connectivity index (χ3n) is 6.22. The van der Waals surface area contributed by atoms with E-state index in [1.807, 2.05) is 6.92 Å². The summed E-state index contributed by atoms with van der Waals surface area (Å²) in [6.07, 6.45) is 1.60. The first-order valence-corrected chi connectivity index (χ1v) is 9.53. The SMILES string of the molecule is CC(=O)OCCNc1nc(C)c(C(N)=S)c(NC2(C)CCC3C(O)C32C)n1. The minimum atomic E-state index is -0.333. The highest BCUT2D eigenvalue weighted by atomic mass is 32.1. The number of thiocarbonyl (C=S) groups is 1. The molecule has 2 aliphatic carbocycles. The summed E-state index contributed by atoms with van der Waals surface area (Å²) in [4.78, 5) is 20.1. The van der Waals surface area contributed by atoms with Crippen LogP contribution in [-0.4, -0.2) is 50.8 Å². The zero-order valence-corrected chi connectivity index (χ0v) is 16.9. The average Bonchev–Trinajstić information content (AvgIpc) is 2.98. The van der Waals surface area contributed by atoms with Crippen LogP contribution in [0.5, 0.6) is 0 Å². The van der Waals surface area contributed by atoms with Gasteiger partial charge in [-0.15, -0.1) is 0 Å². The van der Waals surface area contributed by atoms with E-state index in [1.54, 1.807) is 0 Å². The molecule has 2 fully saturated rings. The van der Waals surface area contributed by atoms with Crippen molar-refractivity contribution in [2.75, 3.05) is 23.8 Å². The monoisotopic (exact) mass is 393 g/mol. The van der Waals surface area contributed by atoms with Crippen molar-refractivity contribution in [3.05, 3.63) is 11.3 Å². The molecule has 0 aliphatic heterocycles. The molecule has 148 valence electrons. The van der Waals surface area contributed by atoms with E-state index in [0.29, 0.717) is 35.5 Å². The van der Waals surface area contributed by atoms with Gasteiger partial charge >= 0.3 is 5.97 Å². The van der Waals surface area contributed by atoms with Crippen molar-refractivity contribution in [2.45, 2.75) is 52.2 Å². The summed E-state index contributed by atoms with van der Waals surface area (Å²) in [5.74, 6) is 0.947. The second-order valence-electron chi connectivity index (χ2n) is 7.82. The number of rotatable bonds is 7. The Kier molecular flexibility index (Phi) is 5.02. The topological polar surface area (TPSA) is 122 Å². The second kappa shape index (κ2) is 6.87. The van der Waals surface area contributed by atoms with Crippen LogP contribution in [-0.2, 0) is 9.53 Å². The van der Waals surface area contributed by atoms with Gasteiger partial charge in [-0.2, -0.15) is 4.98 Å². The molecule has 2 saturated carbocycles. The normalized spacial score (nSPS) is 31.1. The molecule has 9 heteroatoms. The molecule has 1 aromatic heterocycles. The van der Waals surface area contributed by atoms with E-state index in [9.17, 15) is 9.90 Å². The second-order valence-corrected chi connectivity index (χ2v) is 8.26. The number of fused-ring (bicyclic) bond motifs is 1. The minimum Gasteiger partial charge on any atom is -0.464 e. The number of carbonyl (C=O) groups is 1. The van der Waals surface area contributed by atoms with Crippen LogP contribution in [0.15, 0.2) is 0 Å². The number of anilines is 2. The van der Waals surface area contributed by atoms with Gasteiger partial charge in [-0.1, -0.05) is 19.1 Å². The van der Waals surface area contributed by atoms with Crippen molar-refractivity contribution >= 4 is 34.9 Å². The molecule has 0 aromatic carbocycles. The maximum absolute atomic E-state index is 10.9. The van der Waals surface area contributed by atoms with Crippen LogP contribution in [0, 0.1) is 18.3 Å². The van der Waals surface area contributed by atoms with Crippen molar-refractivity contribution in [1.29, 1.82) is 0 Å². The smallest absolute Gasteiger partial charge is 0.302 e. The number of aryl methyl sites for hydroxylation is 1. The molecule has 4 unspecified atom stereocenters. The Balaban J connectivity index is 1.84. The van der Waals surface area contributed by atoms with Crippen LogP contribution in [0.25, 0.3) is 0 Å². The summed E-state index contributed by atoms with van der Waals surface area (Å²) in [5, 5.41) is 16.9. The predicted molar refractivity (Wildman–Crippen MR) is 107 cm³/mol. The standard InChI is InChI=1S/C18H27N5O3S/c1-9-12(14(19)27)15(22-16(21-9)20-7-8-26-10(2)24)23-17(3)6-5-11-13(25)18(11,17)4/h11,13,25H,5-8H2,1-4H3,(H2,19,27)(H2,20,21,22,23). The largest absolute Gasteiger partial charge is 0.464 e. The predicted octanol–water partition coefficient (Wildman–Crippen LogP) is 1.36. The van der Waals surface area contributed by atoms with Crippen LogP contribution >= 0.6 is 12.2 Å². The van der Waals surface area contributed by atoms with Crippen molar-refractivity contribution in [1.82, 2.24) is 9.97 Å². The first-order chi connectivity index (χ1) is 12.6. The number of ether oxygens (including phenoxy) is 1. The number of carbonyl (C=O) groups excluding carboxylic acids is 1. The Bertz CT molecular complexity index is 789. The Hall–Kier alpha value is -2.00. The molecule has 0 radical (unpaired) electrons. The molecule has 0 bridgehead atoms. The molecular formula is C18H27N5O3S. The molecule has 0 amide bonds. The highest BCUT2D eigenvalue weighted by Crippen LogP contribution is 2.68. The summed E-state index contributed by atoms with van der Waals surface area (Å²) in [7, 11) is 0. The summed E-state index contributed by atoms with van der Waals surface area (Å²) >= 11 is 5.21. The molecule has 5 N–H and O–H groups in total. The molecule has 4 atom stereocenters. The Morgan fingerprint density at radius 1 is 1.44 bits per heavy atom. The van der Waals surface area contributed by atoms with Gasteiger partial charge in [-0.3, -0.25) is 4.79 Å². The number of esters is 1.